The van der Waals surface area contributed by atoms with Gasteiger partial charge in [0.25, 0.3) is 0 Å². The summed E-state index contributed by atoms with van der Waals surface area (Å²) in [6.45, 7) is 4.27. The van der Waals surface area contributed by atoms with Gasteiger partial charge < -0.3 is 15.4 Å². The van der Waals surface area contributed by atoms with Gasteiger partial charge in [0.1, 0.15) is 5.76 Å². The quantitative estimate of drug-likeness (QED) is 0.746. The summed E-state index contributed by atoms with van der Waals surface area (Å²) in [4.78, 5) is 2.12. The number of allylic oxidation sites excluding steroid dienone is 3. The van der Waals surface area contributed by atoms with E-state index < -0.39 is 0 Å². The van der Waals surface area contributed by atoms with E-state index in [1.165, 1.54) is 5.57 Å². The Morgan fingerprint density at radius 2 is 2.40 bits per heavy atom. The van der Waals surface area contributed by atoms with Gasteiger partial charge in [-0.05, 0) is 31.5 Å². The molecule has 2 N–H and O–H groups in total. The van der Waals surface area contributed by atoms with E-state index in [2.05, 4.69) is 29.3 Å². The Labute approximate surface area is 91.9 Å². The van der Waals surface area contributed by atoms with E-state index in [4.69, 9.17) is 10.5 Å². The second kappa shape index (κ2) is 6.30. The smallest absolute Gasteiger partial charge is 0.116 e. The van der Waals surface area contributed by atoms with Crippen LogP contribution in [0.25, 0.3) is 0 Å². The number of likely N-dealkylation sites (N-methyl/N-ethyl adjacent to an activating group) is 1. The van der Waals surface area contributed by atoms with E-state index in [1.807, 2.05) is 14.0 Å². The lowest BCUT2D eigenvalue weighted by Crippen LogP contribution is -2.19. The molecule has 1 aliphatic heterocycles. The molecule has 0 bridgehead atoms. The number of rotatable bonds is 5. The molecule has 0 radical (unpaired) electrons. The highest BCUT2D eigenvalue weighted by atomic mass is 16.5. The molecule has 0 aliphatic carbocycles. The van der Waals surface area contributed by atoms with Crippen molar-refractivity contribution in [1.29, 1.82) is 0 Å². The summed E-state index contributed by atoms with van der Waals surface area (Å²) in [6.07, 6.45) is 9.28. The van der Waals surface area contributed by atoms with Crippen molar-refractivity contribution in [2.45, 2.75) is 13.3 Å². The second-order valence-corrected chi connectivity index (χ2v) is 3.57. The standard InChI is InChI=1S/C12H20N2O/c1-3-15-12-8-11(6-4-5-7-13)9-14(2)10-12/h4,6,8-9H,3,5,7,10,13H2,1-2H3. The molecule has 0 unspecified atom stereocenters. The Kier molecular flexibility index (Phi) is 4.98. The van der Waals surface area contributed by atoms with Crippen LogP contribution < -0.4 is 5.73 Å². The van der Waals surface area contributed by atoms with Gasteiger partial charge in [-0.3, -0.25) is 0 Å². The van der Waals surface area contributed by atoms with Gasteiger partial charge in [-0.15, -0.1) is 0 Å². The van der Waals surface area contributed by atoms with Crippen molar-refractivity contribution >= 4 is 0 Å². The summed E-state index contributed by atoms with van der Waals surface area (Å²) < 4.78 is 5.51. The third kappa shape index (κ3) is 4.21. The number of hydrogen-bond acceptors (Lipinski definition) is 3. The lowest BCUT2D eigenvalue weighted by molar-refractivity contribution is 0.203. The molecule has 0 atom stereocenters. The number of nitrogens with two attached hydrogens (primary N) is 1. The Morgan fingerprint density at radius 1 is 1.60 bits per heavy atom. The van der Waals surface area contributed by atoms with Gasteiger partial charge in [0.05, 0.1) is 13.2 Å². The zero-order valence-corrected chi connectivity index (χ0v) is 9.57. The minimum absolute atomic E-state index is 0.696. The molecule has 84 valence electrons. The molecular formula is C12H20N2O. The minimum atomic E-state index is 0.696. The maximum absolute atomic E-state index is 5.51. The van der Waals surface area contributed by atoms with Crippen LogP contribution in [-0.2, 0) is 4.74 Å². The second-order valence-electron chi connectivity index (χ2n) is 3.57. The summed E-state index contributed by atoms with van der Waals surface area (Å²) in [7, 11) is 2.04. The van der Waals surface area contributed by atoms with Gasteiger partial charge in [0.2, 0.25) is 0 Å². The largest absolute Gasteiger partial charge is 0.496 e. The molecule has 0 amide bonds. The van der Waals surface area contributed by atoms with Crippen molar-refractivity contribution in [1.82, 2.24) is 4.90 Å². The SMILES string of the molecule is CCOC1=CC(C=CCCN)=CN(C)C1. The third-order valence-electron chi connectivity index (χ3n) is 2.08. The maximum Gasteiger partial charge on any atom is 0.116 e. The summed E-state index contributed by atoms with van der Waals surface area (Å²) >= 11 is 0. The highest BCUT2D eigenvalue weighted by Crippen LogP contribution is 2.14. The van der Waals surface area contributed by atoms with E-state index in [0.29, 0.717) is 6.54 Å². The van der Waals surface area contributed by atoms with Gasteiger partial charge >= 0.3 is 0 Å². The van der Waals surface area contributed by atoms with Crippen LogP contribution in [0.5, 0.6) is 0 Å². The zero-order chi connectivity index (χ0) is 11.1. The van der Waals surface area contributed by atoms with Crippen LogP contribution in [0.4, 0.5) is 0 Å². The monoisotopic (exact) mass is 208 g/mol. The topological polar surface area (TPSA) is 38.5 Å². The fraction of sp³-hybridized carbons (Fsp3) is 0.500. The Bertz CT molecular complexity index is 279. The van der Waals surface area contributed by atoms with Gasteiger partial charge in [-0.2, -0.15) is 0 Å². The maximum atomic E-state index is 5.51. The van der Waals surface area contributed by atoms with Crippen molar-refractivity contribution < 1.29 is 4.74 Å². The summed E-state index contributed by atoms with van der Waals surface area (Å²) in [5.74, 6) is 1.02. The molecule has 0 fully saturated rings. The van der Waals surface area contributed by atoms with Crippen LogP contribution in [-0.4, -0.2) is 31.6 Å². The van der Waals surface area contributed by atoms with Crippen LogP contribution in [0.15, 0.2) is 35.8 Å². The average Bonchev–Trinajstić information content (AvgIpc) is 2.18. The zero-order valence-electron chi connectivity index (χ0n) is 9.57. The van der Waals surface area contributed by atoms with Gasteiger partial charge in [0.15, 0.2) is 0 Å². The van der Waals surface area contributed by atoms with Crippen LogP contribution in [0.3, 0.4) is 0 Å². The number of hydrogen-bond donors (Lipinski definition) is 1. The molecule has 0 saturated heterocycles. The number of ether oxygens (including phenoxy) is 1. The molecule has 15 heavy (non-hydrogen) atoms. The van der Waals surface area contributed by atoms with E-state index in [1.54, 1.807) is 0 Å². The first kappa shape index (κ1) is 11.9. The fourth-order valence-electron chi connectivity index (χ4n) is 1.49. The first-order valence-corrected chi connectivity index (χ1v) is 5.38. The molecule has 3 heteroatoms. The Hall–Kier alpha value is -1.22. The molecule has 0 saturated carbocycles. The predicted molar refractivity (Wildman–Crippen MR) is 63.2 cm³/mol. The molecular weight excluding hydrogens is 188 g/mol. The average molecular weight is 208 g/mol. The molecule has 3 nitrogen and oxygen atoms in total. The van der Waals surface area contributed by atoms with Gasteiger partial charge in [-0.25, -0.2) is 0 Å². The van der Waals surface area contributed by atoms with Crippen molar-refractivity contribution in [3.05, 3.63) is 35.8 Å². The van der Waals surface area contributed by atoms with Crippen LogP contribution in [0, 0.1) is 0 Å². The predicted octanol–water partition coefficient (Wildman–Crippen LogP) is 1.64. The highest BCUT2D eigenvalue weighted by molar-refractivity contribution is 5.34. The molecule has 0 aromatic heterocycles. The Morgan fingerprint density at radius 3 is 3.07 bits per heavy atom. The first-order chi connectivity index (χ1) is 7.26. The van der Waals surface area contributed by atoms with E-state index in [0.717, 1.165) is 25.3 Å². The number of nitrogens with zero attached hydrogens (tertiary/aromatic N) is 1. The van der Waals surface area contributed by atoms with E-state index in [-0.39, 0.29) is 0 Å². The molecule has 0 aromatic rings. The first-order valence-electron chi connectivity index (χ1n) is 5.38. The van der Waals surface area contributed by atoms with Crippen LogP contribution >= 0.6 is 0 Å². The lowest BCUT2D eigenvalue weighted by Gasteiger charge is -2.22. The van der Waals surface area contributed by atoms with Crippen molar-refractivity contribution in [3.8, 4) is 0 Å². The molecule has 1 heterocycles. The normalized spacial score (nSPS) is 16.6. The fourth-order valence-corrected chi connectivity index (χ4v) is 1.49. The van der Waals surface area contributed by atoms with E-state index in [9.17, 15) is 0 Å². The lowest BCUT2D eigenvalue weighted by atomic mass is 10.1. The Balaban J connectivity index is 2.61. The summed E-state index contributed by atoms with van der Waals surface area (Å²) in [5, 5.41) is 0. The van der Waals surface area contributed by atoms with Gasteiger partial charge in [-0.1, -0.05) is 12.2 Å². The summed E-state index contributed by atoms with van der Waals surface area (Å²) in [6, 6.07) is 0. The van der Waals surface area contributed by atoms with Crippen molar-refractivity contribution in [3.63, 3.8) is 0 Å². The van der Waals surface area contributed by atoms with Crippen LogP contribution in [0.2, 0.25) is 0 Å². The van der Waals surface area contributed by atoms with Gasteiger partial charge in [0, 0.05) is 13.2 Å². The van der Waals surface area contributed by atoms with Crippen molar-refractivity contribution in [2.75, 3.05) is 26.7 Å². The molecule has 1 aliphatic rings. The molecule has 0 aromatic carbocycles. The van der Waals surface area contributed by atoms with E-state index >= 15 is 0 Å². The molecule has 0 spiro atoms. The summed E-state index contributed by atoms with van der Waals surface area (Å²) in [5.41, 5.74) is 6.59. The molecule has 1 rings (SSSR count). The van der Waals surface area contributed by atoms with Crippen LogP contribution in [0.1, 0.15) is 13.3 Å². The minimum Gasteiger partial charge on any atom is -0.496 e. The van der Waals surface area contributed by atoms with Crippen molar-refractivity contribution in [2.24, 2.45) is 5.73 Å². The third-order valence-corrected chi connectivity index (χ3v) is 2.08. The highest BCUT2D eigenvalue weighted by Gasteiger charge is 2.07.